The van der Waals surface area contributed by atoms with Gasteiger partial charge < -0.3 is 59.7 Å². The van der Waals surface area contributed by atoms with Gasteiger partial charge in [0.15, 0.2) is 36.2 Å². The molecule has 3 aromatic heterocycles. The summed E-state index contributed by atoms with van der Waals surface area (Å²) in [6.07, 6.45) is -8.41. The van der Waals surface area contributed by atoms with Gasteiger partial charge in [0, 0.05) is 5.56 Å². The number of anilines is 1. The molecule has 0 radical (unpaired) electrons. The van der Waals surface area contributed by atoms with Gasteiger partial charge in [-0.25, -0.2) is 33.2 Å². The van der Waals surface area contributed by atoms with Crippen LogP contribution in [0.15, 0.2) is 31.1 Å². The van der Waals surface area contributed by atoms with E-state index in [-0.39, 0.29) is 22.5 Å². The highest BCUT2D eigenvalue weighted by atomic mass is 31.3. The number of nitrogens with two attached hydrogens (primary N) is 1. The first-order chi connectivity index (χ1) is 23.3. The van der Waals surface area contributed by atoms with Gasteiger partial charge in [0.05, 0.1) is 19.5 Å². The number of aliphatic hydroxyl groups is 3. The molecule has 0 aliphatic carbocycles. The minimum atomic E-state index is -5.75. The van der Waals surface area contributed by atoms with E-state index in [9.17, 15) is 58.5 Å². The van der Waals surface area contributed by atoms with Crippen molar-refractivity contribution in [3.05, 3.63) is 42.2 Å². The van der Waals surface area contributed by atoms with E-state index in [4.69, 9.17) is 15.2 Å². The number of fused-ring (bicyclic) bond motifs is 1. The van der Waals surface area contributed by atoms with E-state index in [0.717, 1.165) is 23.4 Å². The maximum atomic E-state index is 12.6. The van der Waals surface area contributed by atoms with Crippen LogP contribution in [-0.2, 0) is 47.5 Å². The Hall–Kier alpha value is -2.86. The Morgan fingerprint density at radius 3 is 2.36 bits per heavy atom. The number of aromatic nitrogens is 5. The second-order valence-corrected chi connectivity index (χ2v) is 15.1. The molecule has 3 aromatic rings. The first-order valence-corrected chi connectivity index (χ1v) is 18.7. The van der Waals surface area contributed by atoms with Crippen LogP contribution >= 0.6 is 23.5 Å². The number of carboxylic acid groups (broad SMARTS) is 1. The largest absolute Gasteiger partial charge is 0.756 e. The van der Waals surface area contributed by atoms with Gasteiger partial charge in [-0.3, -0.25) is 18.2 Å². The van der Waals surface area contributed by atoms with Crippen molar-refractivity contribution in [1.29, 1.82) is 0 Å². The van der Waals surface area contributed by atoms with Gasteiger partial charge in [-0.05, 0) is 12.5 Å². The summed E-state index contributed by atoms with van der Waals surface area (Å²) in [5.74, 6) is -1.35. The highest BCUT2D eigenvalue weighted by molar-refractivity contribution is 7.60. The van der Waals surface area contributed by atoms with Crippen LogP contribution in [0, 0.1) is 0 Å². The third-order valence-corrected chi connectivity index (χ3v) is 10.5. The average molecular weight is 772 g/mol. The van der Waals surface area contributed by atoms with Crippen LogP contribution in [0.3, 0.4) is 0 Å². The summed E-state index contributed by atoms with van der Waals surface area (Å²) in [4.78, 5) is 64.6. The lowest BCUT2D eigenvalue weighted by molar-refractivity contribution is -0.766. The number of hydrogen-bond donors (Lipinski definition) is 8. The number of nitrogens with zero attached hydrogens (tertiary/aromatic N) is 5. The Morgan fingerprint density at radius 1 is 1.02 bits per heavy atom. The van der Waals surface area contributed by atoms with E-state index in [1.807, 2.05) is 0 Å². The van der Waals surface area contributed by atoms with Crippen LogP contribution in [-0.4, -0.2) is 110 Å². The Bertz CT molecular complexity index is 1880. The SMILES string of the molecule is CCc1cc(C(=O)O)c[n+]([C@@H]2O[C@H](COP(=O)([O-])OP(=O)(O)OC[C@H]3O[C@@H](n4cnc5c(N)ncnc54)[C@H](OP(=O)(O)O)[C@@H]3O)[C@@H](O)[C@H]2O)c1. The summed E-state index contributed by atoms with van der Waals surface area (Å²) >= 11 is 0. The molecule has 2 unspecified atom stereocenters. The zero-order valence-corrected chi connectivity index (χ0v) is 28.1. The fourth-order valence-corrected chi connectivity index (χ4v) is 7.75. The maximum absolute atomic E-state index is 12.6. The van der Waals surface area contributed by atoms with Gasteiger partial charge in [0.2, 0.25) is 0 Å². The molecule has 2 aliphatic heterocycles. The fourth-order valence-electron chi connectivity index (χ4n) is 5.15. The predicted octanol–water partition coefficient (Wildman–Crippen LogP) is -2.37. The molecule has 0 spiro atoms. The summed E-state index contributed by atoms with van der Waals surface area (Å²) < 4.78 is 68.1. The summed E-state index contributed by atoms with van der Waals surface area (Å²) in [6, 6.07) is 1.39. The Kier molecular flexibility index (Phi) is 11.2. The molecule has 0 amide bonds. The number of pyridine rings is 1. The van der Waals surface area contributed by atoms with Crippen molar-refractivity contribution in [2.45, 2.75) is 62.4 Å². The number of aliphatic hydroxyl groups excluding tert-OH is 3. The number of nitrogen functional groups attached to an aromatic ring is 1. The highest BCUT2D eigenvalue weighted by Crippen LogP contribution is 2.58. The number of rotatable bonds is 14. The predicted molar refractivity (Wildman–Crippen MR) is 156 cm³/mol. The van der Waals surface area contributed by atoms with Gasteiger partial charge in [-0.1, -0.05) is 6.92 Å². The number of aromatic carboxylic acids is 1. The van der Waals surface area contributed by atoms with Crippen LogP contribution in [0.1, 0.15) is 35.3 Å². The quantitative estimate of drug-likeness (QED) is 0.0627. The molecule has 5 rings (SSSR count). The van der Waals surface area contributed by atoms with Crippen molar-refractivity contribution in [3.8, 4) is 0 Å². The molecule has 24 nitrogen and oxygen atoms in total. The Balaban J connectivity index is 1.22. The van der Waals surface area contributed by atoms with Crippen LogP contribution in [0.25, 0.3) is 11.2 Å². The van der Waals surface area contributed by atoms with Crippen LogP contribution < -0.4 is 15.2 Å². The van der Waals surface area contributed by atoms with Crippen LogP contribution in [0.5, 0.6) is 0 Å². The van der Waals surface area contributed by atoms with Crippen molar-refractivity contribution >= 4 is 46.4 Å². The van der Waals surface area contributed by atoms with E-state index >= 15 is 0 Å². The standard InChI is InChI=1S/C23H31N6O18P3/c1-2-10-3-11(23(33)34)5-28(4-10)21-17(32)15(30)12(44-21)6-42-49(38,39)47-50(40,41)43-7-13-16(31)18(46-48(35,36)37)22(45-13)29-9-27-14-19(24)25-8-26-20(14)29/h3-5,8-9,12-13,15-18,21-22,30-32H,2,6-7H2,1H3,(H6-,24,25,26,33,34,35,36,37,38,39,40,41)/t12-,13-,15-,16-,17-,18-,21-,22-/m1/s1. The molecule has 9 N–H and O–H groups in total. The number of phosphoric acid groups is 3. The molecule has 5 heterocycles. The first kappa shape index (κ1) is 38.4. The second kappa shape index (κ2) is 14.6. The van der Waals surface area contributed by atoms with Gasteiger partial charge in [-0.15, -0.1) is 0 Å². The van der Waals surface area contributed by atoms with E-state index in [1.165, 1.54) is 16.8 Å². The molecule has 2 saturated heterocycles. The molecule has 2 fully saturated rings. The fraction of sp³-hybridized carbons (Fsp3) is 0.522. The smallest absolute Gasteiger partial charge is 0.478 e. The van der Waals surface area contributed by atoms with Gasteiger partial charge in [0.25, 0.3) is 14.1 Å². The number of carbonyl (C=O) groups is 1. The van der Waals surface area contributed by atoms with Crippen molar-refractivity contribution in [3.63, 3.8) is 0 Å². The first-order valence-electron chi connectivity index (χ1n) is 14.2. The van der Waals surface area contributed by atoms with Crippen molar-refractivity contribution in [2.75, 3.05) is 18.9 Å². The lowest BCUT2D eigenvalue weighted by atomic mass is 10.1. The molecule has 10 atom stereocenters. The molecule has 2 aliphatic rings. The second-order valence-electron chi connectivity index (χ2n) is 10.9. The lowest BCUT2D eigenvalue weighted by Crippen LogP contribution is -2.46. The Morgan fingerprint density at radius 2 is 1.70 bits per heavy atom. The van der Waals surface area contributed by atoms with Crippen molar-refractivity contribution < 1.29 is 90.4 Å². The number of carboxylic acids is 1. The maximum Gasteiger partial charge on any atom is 0.478 e. The number of hydrogen-bond acceptors (Lipinski definition) is 18. The number of ether oxygens (including phenoxy) is 2. The molecule has 276 valence electrons. The summed E-state index contributed by atoms with van der Waals surface area (Å²) in [6.45, 7) is -0.415. The number of imidazole rings is 1. The molecular formula is C23H31N6O18P3. The molecule has 27 heteroatoms. The molecule has 0 saturated carbocycles. The summed E-state index contributed by atoms with van der Waals surface area (Å²) in [7, 11) is -16.6. The summed E-state index contributed by atoms with van der Waals surface area (Å²) in [5.41, 5.74) is 6.18. The van der Waals surface area contributed by atoms with E-state index in [0.29, 0.717) is 12.0 Å². The van der Waals surface area contributed by atoms with Gasteiger partial charge >= 0.3 is 21.6 Å². The minimum absolute atomic E-state index is 0.00975. The van der Waals surface area contributed by atoms with Crippen LogP contribution in [0.2, 0.25) is 0 Å². The molecule has 0 bridgehead atoms. The third-order valence-electron chi connectivity index (χ3n) is 7.47. The summed E-state index contributed by atoms with van der Waals surface area (Å²) in [5, 5.41) is 41.1. The average Bonchev–Trinajstić information content (AvgIpc) is 3.68. The number of aryl methyl sites for hydroxylation is 1. The van der Waals surface area contributed by atoms with Gasteiger partial charge in [-0.2, -0.15) is 4.57 Å². The zero-order valence-electron chi connectivity index (χ0n) is 25.4. The monoisotopic (exact) mass is 772 g/mol. The molecular weight excluding hydrogens is 741 g/mol. The molecule has 0 aromatic carbocycles. The van der Waals surface area contributed by atoms with E-state index in [2.05, 4.69) is 32.8 Å². The Labute approximate surface area is 280 Å². The zero-order chi connectivity index (χ0) is 36.8. The van der Waals surface area contributed by atoms with Gasteiger partial charge in [0.1, 0.15) is 47.9 Å². The van der Waals surface area contributed by atoms with Crippen LogP contribution in [0.4, 0.5) is 5.82 Å². The van der Waals surface area contributed by atoms with E-state index in [1.54, 1.807) is 6.92 Å². The highest BCUT2D eigenvalue weighted by Gasteiger charge is 2.51. The molecule has 50 heavy (non-hydrogen) atoms. The number of phosphoric ester groups is 3. The lowest BCUT2D eigenvalue weighted by Gasteiger charge is -2.26. The van der Waals surface area contributed by atoms with Crippen molar-refractivity contribution in [1.82, 2.24) is 19.5 Å². The topological polar surface area (TPSA) is 362 Å². The minimum Gasteiger partial charge on any atom is -0.756 e. The van der Waals surface area contributed by atoms with E-state index < -0.39 is 91.7 Å². The normalized spacial score (nSPS) is 29.6. The van der Waals surface area contributed by atoms with Crippen molar-refractivity contribution in [2.24, 2.45) is 0 Å². The third kappa shape index (κ3) is 8.60.